The van der Waals surface area contributed by atoms with Crippen molar-refractivity contribution in [3.63, 3.8) is 0 Å². The van der Waals surface area contributed by atoms with E-state index in [0.717, 1.165) is 34.7 Å². The number of anilines is 2. The number of hydrogen-bond donors (Lipinski definition) is 2. The van der Waals surface area contributed by atoms with Gasteiger partial charge in [0.15, 0.2) is 0 Å². The van der Waals surface area contributed by atoms with E-state index in [1.54, 1.807) is 0 Å². The Morgan fingerprint density at radius 1 is 1.28 bits per heavy atom. The zero-order valence-corrected chi connectivity index (χ0v) is 14.0. The molecule has 0 saturated carbocycles. The largest absolute Gasteiger partial charge is 0.417 e. The van der Waals surface area contributed by atoms with Gasteiger partial charge in [-0.15, -0.1) is 11.3 Å². The molecule has 5 nitrogen and oxygen atoms in total. The molecule has 3 aromatic rings. The maximum atomic E-state index is 12.5. The number of rotatable bonds is 2. The molecule has 25 heavy (non-hydrogen) atoms. The van der Waals surface area contributed by atoms with E-state index in [9.17, 15) is 18.0 Å². The third kappa shape index (κ3) is 3.27. The molecule has 0 fully saturated rings. The highest BCUT2D eigenvalue weighted by Gasteiger charge is 2.30. The fraction of sp³-hybridized carbons (Fsp3) is 0.188. The summed E-state index contributed by atoms with van der Waals surface area (Å²) in [6.07, 6.45) is -3.81. The number of alkyl halides is 3. The van der Waals surface area contributed by atoms with Crippen molar-refractivity contribution in [3.8, 4) is 0 Å². The van der Waals surface area contributed by atoms with E-state index < -0.39 is 17.6 Å². The van der Waals surface area contributed by atoms with Crippen molar-refractivity contribution >= 4 is 39.0 Å². The molecular weight excluding hydrogens is 353 g/mol. The van der Waals surface area contributed by atoms with Crippen LogP contribution in [0.5, 0.6) is 0 Å². The summed E-state index contributed by atoms with van der Waals surface area (Å²) < 4.78 is 37.6. The lowest BCUT2D eigenvalue weighted by Crippen LogP contribution is -2.14. The van der Waals surface area contributed by atoms with Crippen LogP contribution < -0.4 is 11.1 Å². The summed E-state index contributed by atoms with van der Waals surface area (Å²) in [5.74, 6) is -0.527. The average Bonchev–Trinajstić information content (AvgIpc) is 2.84. The maximum Gasteiger partial charge on any atom is 0.417 e. The monoisotopic (exact) mass is 366 g/mol. The molecule has 3 rings (SSSR count). The fourth-order valence-corrected chi connectivity index (χ4v) is 3.56. The van der Waals surface area contributed by atoms with E-state index in [1.807, 2.05) is 19.9 Å². The Bertz CT molecular complexity index is 964. The van der Waals surface area contributed by atoms with Gasteiger partial charge < -0.3 is 11.1 Å². The molecule has 0 aliphatic heterocycles. The van der Waals surface area contributed by atoms with Crippen LogP contribution in [0, 0.1) is 13.8 Å². The Kier molecular flexibility index (Phi) is 4.11. The van der Waals surface area contributed by atoms with Crippen LogP contribution in [0.1, 0.15) is 26.5 Å². The number of aryl methyl sites for hydroxylation is 2. The molecule has 0 unspecified atom stereocenters. The molecule has 0 atom stereocenters. The first-order valence-corrected chi connectivity index (χ1v) is 7.99. The van der Waals surface area contributed by atoms with Crippen molar-refractivity contribution in [3.05, 3.63) is 46.1 Å². The Hall–Kier alpha value is -2.68. The second-order valence-corrected chi connectivity index (χ2v) is 6.49. The first kappa shape index (κ1) is 17.2. The quantitative estimate of drug-likeness (QED) is 0.714. The van der Waals surface area contributed by atoms with Crippen LogP contribution in [0.2, 0.25) is 0 Å². The molecule has 1 amide bonds. The van der Waals surface area contributed by atoms with E-state index in [2.05, 4.69) is 15.3 Å². The normalized spacial score (nSPS) is 11.7. The zero-order valence-electron chi connectivity index (χ0n) is 13.2. The van der Waals surface area contributed by atoms with E-state index in [4.69, 9.17) is 5.73 Å². The minimum atomic E-state index is -4.48. The lowest BCUT2D eigenvalue weighted by molar-refractivity contribution is -0.137. The average molecular weight is 366 g/mol. The lowest BCUT2D eigenvalue weighted by Gasteiger charge is -2.07. The number of hydrogen-bond acceptors (Lipinski definition) is 5. The van der Waals surface area contributed by atoms with Gasteiger partial charge in [-0.3, -0.25) is 4.79 Å². The first-order valence-electron chi connectivity index (χ1n) is 7.17. The second-order valence-electron chi connectivity index (χ2n) is 5.49. The molecule has 0 radical (unpaired) electrons. The third-order valence-electron chi connectivity index (χ3n) is 3.56. The molecule has 0 aromatic carbocycles. The fourth-order valence-electron chi connectivity index (χ4n) is 2.45. The first-order chi connectivity index (χ1) is 11.7. The topological polar surface area (TPSA) is 80.9 Å². The molecule has 0 bridgehead atoms. The van der Waals surface area contributed by atoms with Crippen LogP contribution in [0.15, 0.2) is 24.4 Å². The molecule has 0 spiro atoms. The number of pyridine rings is 2. The molecule has 3 aromatic heterocycles. The Balaban J connectivity index is 1.90. The predicted molar refractivity (Wildman–Crippen MR) is 90.7 cm³/mol. The Morgan fingerprint density at radius 2 is 2.00 bits per heavy atom. The lowest BCUT2D eigenvalue weighted by atomic mass is 10.1. The standard InChI is InChI=1S/C16H13F3N4OS/c1-7-5-8(2)22-15-11(7)12(20)13(25-15)14(24)23-10-4-3-9(6-21-10)16(17,18)19/h3-6H,20H2,1-2H3,(H,21,23,24). The number of halogens is 3. The Labute approximate surface area is 144 Å². The van der Waals surface area contributed by atoms with Crippen molar-refractivity contribution in [2.45, 2.75) is 20.0 Å². The number of fused-ring (bicyclic) bond motifs is 1. The van der Waals surface area contributed by atoms with Gasteiger partial charge in [0.05, 0.1) is 11.3 Å². The number of nitrogen functional groups attached to an aromatic ring is 1. The number of carbonyl (C=O) groups is 1. The van der Waals surface area contributed by atoms with Crippen LogP contribution in [-0.4, -0.2) is 15.9 Å². The van der Waals surface area contributed by atoms with Crippen LogP contribution >= 0.6 is 11.3 Å². The number of nitrogens with zero attached hydrogens (tertiary/aromatic N) is 2. The van der Waals surface area contributed by atoms with Crippen molar-refractivity contribution < 1.29 is 18.0 Å². The summed E-state index contributed by atoms with van der Waals surface area (Å²) >= 11 is 1.13. The van der Waals surface area contributed by atoms with Crippen molar-refractivity contribution in [2.24, 2.45) is 0 Å². The summed E-state index contributed by atoms with van der Waals surface area (Å²) in [6.45, 7) is 3.72. The van der Waals surface area contributed by atoms with Gasteiger partial charge in [0.2, 0.25) is 0 Å². The highest BCUT2D eigenvalue weighted by molar-refractivity contribution is 7.21. The molecule has 0 aliphatic rings. The van der Waals surface area contributed by atoms with Gasteiger partial charge in [0, 0.05) is 17.3 Å². The smallest absolute Gasteiger partial charge is 0.397 e. The summed E-state index contributed by atoms with van der Waals surface area (Å²) in [7, 11) is 0. The molecule has 3 heterocycles. The van der Waals surface area contributed by atoms with E-state index in [0.29, 0.717) is 22.1 Å². The van der Waals surface area contributed by atoms with E-state index in [-0.39, 0.29) is 10.7 Å². The highest BCUT2D eigenvalue weighted by Crippen LogP contribution is 2.35. The summed E-state index contributed by atoms with van der Waals surface area (Å²) in [6, 6.07) is 3.81. The predicted octanol–water partition coefficient (Wildman–Crippen LogP) is 4.16. The minimum absolute atomic E-state index is 0.00992. The van der Waals surface area contributed by atoms with Gasteiger partial charge in [-0.05, 0) is 37.6 Å². The van der Waals surface area contributed by atoms with Crippen LogP contribution in [-0.2, 0) is 6.18 Å². The number of amides is 1. The number of carbonyl (C=O) groups excluding carboxylic acids is 1. The molecular formula is C16H13F3N4OS. The van der Waals surface area contributed by atoms with Crippen LogP contribution in [0.25, 0.3) is 10.2 Å². The number of nitrogens with two attached hydrogens (primary N) is 1. The molecule has 130 valence electrons. The molecule has 0 saturated heterocycles. The molecule has 9 heteroatoms. The summed E-state index contributed by atoms with van der Waals surface area (Å²) in [5, 5.41) is 3.17. The van der Waals surface area contributed by atoms with Gasteiger partial charge in [-0.25, -0.2) is 9.97 Å². The number of aromatic nitrogens is 2. The van der Waals surface area contributed by atoms with Gasteiger partial charge in [-0.1, -0.05) is 0 Å². The Morgan fingerprint density at radius 3 is 2.60 bits per heavy atom. The number of thiophene rings is 1. The summed E-state index contributed by atoms with van der Waals surface area (Å²) in [5.41, 5.74) is 7.19. The van der Waals surface area contributed by atoms with Gasteiger partial charge in [-0.2, -0.15) is 13.2 Å². The van der Waals surface area contributed by atoms with Crippen LogP contribution in [0.4, 0.5) is 24.7 Å². The second kappa shape index (κ2) is 5.99. The number of nitrogens with one attached hydrogen (secondary N) is 1. The zero-order chi connectivity index (χ0) is 18.4. The van der Waals surface area contributed by atoms with Crippen molar-refractivity contribution in [1.29, 1.82) is 0 Å². The van der Waals surface area contributed by atoms with Crippen molar-refractivity contribution in [2.75, 3.05) is 11.1 Å². The molecule has 0 aliphatic carbocycles. The van der Waals surface area contributed by atoms with Gasteiger partial charge >= 0.3 is 6.18 Å². The highest BCUT2D eigenvalue weighted by atomic mass is 32.1. The van der Waals surface area contributed by atoms with Gasteiger partial charge in [0.1, 0.15) is 15.5 Å². The maximum absolute atomic E-state index is 12.5. The van der Waals surface area contributed by atoms with Gasteiger partial charge in [0.25, 0.3) is 5.91 Å². The van der Waals surface area contributed by atoms with Crippen LogP contribution in [0.3, 0.4) is 0 Å². The minimum Gasteiger partial charge on any atom is -0.397 e. The summed E-state index contributed by atoms with van der Waals surface area (Å²) in [4.78, 5) is 21.3. The van der Waals surface area contributed by atoms with Crippen molar-refractivity contribution in [1.82, 2.24) is 9.97 Å². The van der Waals surface area contributed by atoms with E-state index in [1.165, 1.54) is 0 Å². The SMILES string of the molecule is Cc1cc(C)c2c(N)c(C(=O)Nc3ccc(C(F)(F)F)cn3)sc2n1. The third-order valence-corrected chi connectivity index (χ3v) is 4.66. The molecule has 3 N–H and O–H groups in total. The van der Waals surface area contributed by atoms with E-state index >= 15 is 0 Å².